The predicted molar refractivity (Wildman–Crippen MR) is 124 cm³/mol. The van der Waals surface area contributed by atoms with E-state index >= 15 is 0 Å². The van der Waals surface area contributed by atoms with Crippen LogP contribution >= 0.6 is 11.8 Å². The number of fused-ring (bicyclic) bond motifs is 2. The van der Waals surface area contributed by atoms with Gasteiger partial charge in [0, 0.05) is 40.7 Å². The lowest BCUT2D eigenvalue weighted by molar-refractivity contribution is 0.0949. The average molecular weight is 430 g/mol. The molecule has 0 saturated carbocycles. The summed E-state index contributed by atoms with van der Waals surface area (Å²) in [7, 11) is 0. The minimum atomic E-state index is -0.154. The van der Waals surface area contributed by atoms with Gasteiger partial charge < -0.3 is 15.5 Å². The Morgan fingerprint density at radius 1 is 0.968 bits per heavy atom. The molecule has 2 aliphatic heterocycles. The Morgan fingerprint density at radius 2 is 1.74 bits per heavy atom. The van der Waals surface area contributed by atoms with Gasteiger partial charge in [0.1, 0.15) is 0 Å². The van der Waals surface area contributed by atoms with Crippen molar-refractivity contribution in [2.45, 2.75) is 29.2 Å². The number of hydrogen-bond donors (Lipinski definition) is 2. The maximum Gasteiger partial charge on any atom is 0.256 e. The highest BCUT2D eigenvalue weighted by Gasteiger charge is 2.21. The van der Waals surface area contributed by atoms with Gasteiger partial charge in [-0.05, 0) is 54.8 Å². The second kappa shape index (κ2) is 8.47. The topological polar surface area (TPSA) is 61.4 Å². The third-order valence-electron chi connectivity index (χ3n) is 5.72. The third-order valence-corrected chi connectivity index (χ3v) is 6.87. The number of carbonyl (C=O) groups is 2. The van der Waals surface area contributed by atoms with Gasteiger partial charge in [-0.25, -0.2) is 0 Å². The Kier molecular flexibility index (Phi) is 5.38. The molecule has 2 amide bonds. The molecule has 5 rings (SSSR count). The minimum absolute atomic E-state index is 0.153. The van der Waals surface area contributed by atoms with Crippen LogP contribution in [-0.2, 0) is 6.54 Å². The Bertz CT molecular complexity index is 1160. The number of para-hydroxylation sites is 1. The van der Waals surface area contributed by atoms with Gasteiger partial charge in [0.05, 0.1) is 11.3 Å². The smallest absolute Gasteiger partial charge is 0.256 e. The molecular formula is C25H23N3O2S. The second-order valence-electron chi connectivity index (χ2n) is 7.77. The van der Waals surface area contributed by atoms with Crippen LogP contribution in [0.1, 0.15) is 39.1 Å². The van der Waals surface area contributed by atoms with E-state index in [0.717, 1.165) is 28.4 Å². The van der Waals surface area contributed by atoms with Gasteiger partial charge in [-0.2, -0.15) is 0 Å². The first kappa shape index (κ1) is 19.7. The number of hydrogen-bond acceptors (Lipinski definition) is 4. The van der Waals surface area contributed by atoms with Crippen molar-refractivity contribution in [1.29, 1.82) is 0 Å². The molecule has 31 heavy (non-hydrogen) atoms. The summed E-state index contributed by atoms with van der Waals surface area (Å²) in [5, 5.41) is 5.99. The zero-order valence-corrected chi connectivity index (χ0v) is 17.9. The molecule has 0 atom stereocenters. The van der Waals surface area contributed by atoms with Gasteiger partial charge in [0.15, 0.2) is 0 Å². The highest BCUT2D eigenvalue weighted by Crippen LogP contribution is 2.39. The fourth-order valence-electron chi connectivity index (χ4n) is 4.11. The van der Waals surface area contributed by atoms with E-state index < -0.39 is 0 Å². The molecule has 0 aromatic heterocycles. The van der Waals surface area contributed by atoms with Crippen LogP contribution in [0, 0.1) is 0 Å². The number of benzene rings is 3. The molecule has 2 N–H and O–H groups in total. The fraction of sp³-hybridized carbons (Fsp3) is 0.200. The van der Waals surface area contributed by atoms with Crippen LogP contribution in [0.5, 0.6) is 0 Å². The van der Waals surface area contributed by atoms with Gasteiger partial charge in [-0.1, -0.05) is 42.1 Å². The van der Waals surface area contributed by atoms with E-state index in [4.69, 9.17) is 0 Å². The van der Waals surface area contributed by atoms with Crippen LogP contribution in [0.4, 0.5) is 11.4 Å². The minimum Gasteiger partial charge on any atom is -0.371 e. The van der Waals surface area contributed by atoms with Gasteiger partial charge in [-0.3, -0.25) is 9.59 Å². The quantitative estimate of drug-likeness (QED) is 0.617. The molecule has 1 saturated heterocycles. The molecule has 2 aliphatic rings. The summed E-state index contributed by atoms with van der Waals surface area (Å²) in [6.07, 6.45) is 2.42. The summed E-state index contributed by atoms with van der Waals surface area (Å²) in [4.78, 5) is 29.7. The van der Waals surface area contributed by atoms with Crippen molar-refractivity contribution < 1.29 is 9.59 Å². The van der Waals surface area contributed by atoms with Gasteiger partial charge in [-0.15, -0.1) is 0 Å². The maximum atomic E-state index is 12.9. The van der Waals surface area contributed by atoms with Crippen LogP contribution in [-0.4, -0.2) is 24.9 Å². The zero-order valence-electron chi connectivity index (χ0n) is 17.1. The summed E-state index contributed by atoms with van der Waals surface area (Å²) in [6, 6.07) is 21.2. The second-order valence-corrected chi connectivity index (χ2v) is 8.85. The van der Waals surface area contributed by atoms with E-state index in [1.165, 1.54) is 30.3 Å². The lowest BCUT2D eigenvalue weighted by atomic mass is 10.1. The summed E-state index contributed by atoms with van der Waals surface area (Å²) < 4.78 is 0. The Morgan fingerprint density at radius 3 is 2.61 bits per heavy atom. The van der Waals surface area contributed by atoms with Gasteiger partial charge >= 0.3 is 0 Å². The van der Waals surface area contributed by atoms with E-state index in [1.54, 1.807) is 6.07 Å². The zero-order chi connectivity index (χ0) is 21.2. The molecule has 0 radical (unpaired) electrons. The van der Waals surface area contributed by atoms with Crippen molar-refractivity contribution in [3.05, 3.63) is 83.4 Å². The largest absolute Gasteiger partial charge is 0.371 e. The van der Waals surface area contributed by atoms with E-state index in [1.807, 2.05) is 48.5 Å². The van der Waals surface area contributed by atoms with Gasteiger partial charge in [0.2, 0.25) is 0 Å². The number of nitrogens with one attached hydrogen (secondary N) is 2. The Balaban J connectivity index is 1.33. The first-order valence-corrected chi connectivity index (χ1v) is 11.3. The molecule has 3 aromatic carbocycles. The van der Waals surface area contributed by atoms with Crippen molar-refractivity contribution in [2.24, 2.45) is 0 Å². The maximum absolute atomic E-state index is 12.9. The third kappa shape index (κ3) is 4.03. The van der Waals surface area contributed by atoms with Crippen LogP contribution in [0.25, 0.3) is 0 Å². The summed E-state index contributed by atoms with van der Waals surface area (Å²) in [6.45, 7) is 2.60. The number of rotatable bonds is 4. The van der Waals surface area contributed by atoms with Crippen LogP contribution < -0.4 is 15.5 Å². The lowest BCUT2D eigenvalue weighted by Gasteiger charge is -2.21. The molecule has 0 aliphatic carbocycles. The Hall–Kier alpha value is -3.25. The number of nitrogens with zero attached hydrogens (tertiary/aromatic N) is 1. The van der Waals surface area contributed by atoms with Crippen LogP contribution in [0.2, 0.25) is 0 Å². The standard InChI is InChI=1S/C25H23N3O2S/c29-24(26-16-18-7-1-3-9-21(18)28-13-5-6-14-28)17-11-12-23-20(15-17)27-25(30)19-8-2-4-10-22(19)31-23/h1-4,7-12,15H,5-6,13-14,16H2,(H,26,29)(H,27,30). The summed E-state index contributed by atoms with van der Waals surface area (Å²) in [5.41, 5.74) is 4.16. The van der Waals surface area contributed by atoms with Gasteiger partial charge in [0.25, 0.3) is 11.8 Å². The Labute approximate surface area is 185 Å². The van der Waals surface area contributed by atoms with Crippen molar-refractivity contribution in [1.82, 2.24) is 5.32 Å². The van der Waals surface area contributed by atoms with E-state index in [9.17, 15) is 9.59 Å². The summed E-state index contributed by atoms with van der Waals surface area (Å²) >= 11 is 1.53. The molecule has 1 fully saturated rings. The molecule has 0 bridgehead atoms. The fourth-order valence-corrected chi connectivity index (χ4v) is 5.12. The lowest BCUT2D eigenvalue weighted by Crippen LogP contribution is -2.25. The van der Waals surface area contributed by atoms with Crippen LogP contribution in [0.15, 0.2) is 76.5 Å². The highest BCUT2D eigenvalue weighted by molar-refractivity contribution is 7.99. The molecule has 156 valence electrons. The molecule has 0 unspecified atom stereocenters. The predicted octanol–water partition coefficient (Wildman–Crippen LogP) is 4.93. The van der Waals surface area contributed by atoms with Crippen molar-refractivity contribution in [2.75, 3.05) is 23.3 Å². The SMILES string of the molecule is O=C(NCc1ccccc1N1CCCC1)c1ccc2c(c1)NC(=O)c1ccccc1S2. The van der Waals surface area contributed by atoms with Crippen molar-refractivity contribution in [3.8, 4) is 0 Å². The van der Waals surface area contributed by atoms with E-state index in [-0.39, 0.29) is 11.8 Å². The van der Waals surface area contributed by atoms with Crippen molar-refractivity contribution in [3.63, 3.8) is 0 Å². The van der Waals surface area contributed by atoms with E-state index in [2.05, 4.69) is 27.7 Å². The molecule has 0 spiro atoms. The monoisotopic (exact) mass is 429 g/mol. The van der Waals surface area contributed by atoms with Crippen molar-refractivity contribution >= 4 is 35.0 Å². The highest BCUT2D eigenvalue weighted by atomic mass is 32.2. The molecule has 5 nitrogen and oxygen atoms in total. The average Bonchev–Trinajstić information content (AvgIpc) is 3.29. The number of anilines is 2. The van der Waals surface area contributed by atoms with Crippen LogP contribution in [0.3, 0.4) is 0 Å². The molecular weight excluding hydrogens is 406 g/mol. The molecule has 6 heteroatoms. The number of amides is 2. The van der Waals surface area contributed by atoms with E-state index in [0.29, 0.717) is 23.4 Å². The molecule has 3 aromatic rings. The first-order chi connectivity index (χ1) is 15.2. The molecule has 2 heterocycles. The summed E-state index contributed by atoms with van der Waals surface area (Å²) in [5.74, 6) is -0.306. The normalized spacial score (nSPS) is 15.0. The first-order valence-electron chi connectivity index (χ1n) is 10.5. The number of carbonyl (C=O) groups excluding carboxylic acids is 2.